The van der Waals surface area contributed by atoms with Gasteiger partial charge in [0.15, 0.2) is 0 Å². The van der Waals surface area contributed by atoms with Crippen LogP contribution in [0.1, 0.15) is 0 Å². The number of hydrogen-bond donors (Lipinski definition) is 0. The van der Waals surface area contributed by atoms with E-state index in [-0.39, 0.29) is 0 Å². The molecule has 0 aliphatic rings. The van der Waals surface area contributed by atoms with Gasteiger partial charge in [-0.3, -0.25) is 4.57 Å². The Kier molecular flexibility index (Phi) is 4.69. The Labute approximate surface area is 279 Å². The lowest BCUT2D eigenvalue weighted by Crippen LogP contribution is -1.97. The molecular formula is C45H26N4. The van der Waals surface area contributed by atoms with Gasteiger partial charge in [-0.15, -0.1) is 0 Å². The van der Waals surface area contributed by atoms with Gasteiger partial charge < -0.3 is 8.97 Å². The Morgan fingerprint density at radius 3 is 1.96 bits per heavy atom. The van der Waals surface area contributed by atoms with Crippen molar-refractivity contribution in [3.8, 4) is 11.4 Å². The molecule has 0 aliphatic heterocycles. The monoisotopic (exact) mass is 622 g/mol. The van der Waals surface area contributed by atoms with Crippen LogP contribution in [-0.4, -0.2) is 18.5 Å². The third kappa shape index (κ3) is 3.16. The van der Waals surface area contributed by atoms with E-state index in [9.17, 15) is 0 Å². The summed E-state index contributed by atoms with van der Waals surface area (Å²) < 4.78 is 7.28. The number of para-hydroxylation sites is 3. The number of rotatable bonds is 2. The average Bonchev–Trinajstić information content (AvgIpc) is 3.87. The summed E-state index contributed by atoms with van der Waals surface area (Å²) in [5.74, 6) is 0. The van der Waals surface area contributed by atoms with E-state index in [0.29, 0.717) is 0 Å². The molecule has 12 rings (SSSR count). The number of nitrogens with zero attached hydrogens (tertiary/aromatic N) is 4. The van der Waals surface area contributed by atoms with Crippen LogP contribution in [0.5, 0.6) is 0 Å². The highest BCUT2D eigenvalue weighted by atomic mass is 15.1. The van der Waals surface area contributed by atoms with E-state index < -0.39 is 0 Å². The van der Waals surface area contributed by atoms with Crippen LogP contribution in [0, 0.1) is 0 Å². The zero-order valence-corrected chi connectivity index (χ0v) is 26.3. The van der Waals surface area contributed by atoms with E-state index in [1.165, 1.54) is 76.1 Å². The number of pyridine rings is 1. The van der Waals surface area contributed by atoms with Crippen LogP contribution in [0.15, 0.2) is 158 Å². The molecular weight excluding hydrogens is 597 g/mol. The molecule has 4 nitrogen and oxygen atoms in total. The van der Waals surface area contributed by atoms with E-state index in [4.69, 9.17) is 4.98 Å². The van der Waals surface area contributed by atoms with Gasteiger partial charge in [-0.2, -0.15) is 0 Å². The topological polar surface area (TPSA) is 27.2 Å². The highest BCUT2D eigenvalue weighted by molar-refractivity contribution is 6.36. The van der Waals surface area contributed by atoms with Crippen molar-refractivity contribution < 1.29 is 0 Å². The number of aromatic nitrogens is 4. The molecule has 49 heavy (non-hydrogen) atoms. The fourth-order valence-electron chi connectivity index (χ4n) is 8.79. The van der Waals surface area contributed by atoms with Gasteiger partial charge in [-0.25, -0.2) is 4.98 Å². The molecule has 0 unspecified atom stereocenters. The van der Waals surface area contributed by atoms with Crippen LogP contribution >= 0.6 is 0 Å². The Hall–Kier alpha value is -6.65. The number of benzene rings is 7. The molecule has 0 N–H and O–H groups in total. The van der Waals surface area contributed by atoms with E-state index in [1.807, 2.05) is 12.3 Å². The lowest BCUT2D eigenvalue weighted by molar-refractivity contribution is 1.13. The van der Waals surface area contributed by atoms with Crippen molar-refractivity contribution in [1.29, 1.82) is 0 Å². The fourth-order valence-corrected chi connectivity index (χ4v) is 8.79. The summed E-state index contributed by atoms with van der Waals surface area (Å²) in [6.07, 6.45) is 1.89. The third-order valence-corrected chi connectivity index (χ3v) is 10.8. The minimum absolute atomic E-state index is 0.967. The second kappa shape index (κ2) is 9.03. The zero-order valence-electron chi connectivity index (χ0n) is 26.3. The van der Waals surface area contributed by atoms with E-state index >= 15 is 0 Å². The van der Waals surface area contributed by atoms with Gasteiger partial charge >= 0.3 is 0 Å². The molecule has 0 saturated carbocycles. The van der Waals surface area contributed by atoms with E-state index in [1.54, 1.807) is 0 Å². The molecule has 226 valence electrons. The molecule has 12 aromatic rings. The summed E-state index contributed by atoms with van der Waals surface area (Å²) in [5.41, 5.74) is 10.6. The Morgan fingerprint density at radius 1 is 0.367 bits per heavy atom. The van der Waals surface area contributed by atoms with Gasteiger partial charge in [0, 0.05) is 60.7 Å². The quantitative estimate of drug-likeness (QED) is 0.188. The van der Waals surface area contributed by atoms with Crippen molar-refractivity contribution in [2.75, 3.05) is 0 Å². The van der Waals surface area contributed by atoms with Crippen LogP contribution in [0.2, 0.25) is 0 Å². The SMILES string of the molecule is c1ccc(-n2c3cc(-n4c5ccccc5c5c6c7cc8ccccc8cc7n7c8ccccc8c(cc54)c67)ccc3c3cccnc32)cc1. The van der Waals surface area contributed by atoms with Crippen molar-refractivity contribution in [2.24, 2.45) is 0 Å². The molecule has 5 heterocycles. The first-order valence-corrected chi connectivity index (χ1v) is 16.8. The average molecular weight is 623 g/mol. The molecule has 0 atom stereocenters. The van der Waals surface area contributed by atoms with Crippen molar-refractivity contribution in [3.05, 3.63) is 158 Å². The molecule has 0 bridgehead atoms. The van der Waals surface area contributed by atoms with Gasteiger partial charge in [0.25, 0.3) is 0 Å². The maximum atomic E-state index is 4.87. The molecule has 0 aliphatic carbocycles. The van der Waals surface area contributed by atoms with Crippen LogP contribution < -0.4 is 0 Å². The van der Waals surface area contributed by atoms with Crippen LogP contribution in [0.3, 0.4) is 0 Å². The normalized spacial score (nSPS) is 12.5. The second-order valence-electron chi connectivity index (χ2n) is 13.2. The minimum Gasteiger partial charge on any atom is -0.309 e. The number of hydrogen-bond acceptors (Lipinski definition) is 1. The van der Waals surface area contributed by atoms with Crippen LogP contribution in [-0.2, 0) is 0 Å². The Morgan fingerprint density at radius 2 is 1.08 bits per heavy atom. The van der Waals surface area contributed by atoms with Gasteiger partial charge in [0.1, 0.15) is 5.65 Å². The number of fused-ring (bicyclic) bond motifs is 14. The van der Waals surface area contributed by atoms with Crippen LogP contribution in [0.25, 0.3) is 104 Å². The smallest absolute Gasteiger partial charge is 0.145 e. The first-order valence-electron chi connectivity index (χ1n) is 16.8. The van der Waals surface area contributed by atoms with Crippen molar-refractivity contribution in [2.45, 2.75) is 0 Å². The molecule has 5 aromatic heterocycles. The van der Waals surface area contributed by atoms with E-state index in [2.05, 4.69) is 159 Å². The first kappa shape index (κ1) is 25.4. The highest BCUT2D eigenvalue weighted by Crippen LogP contribution is 2.47. The summed E-state index contributed by atoms with van der Waals surface area (Å²) >= 11 is 0. The molecule has 4 heteroatoms. The summed E-state index contributed by atoms with van der Waals surface area (Å²) in [5, 5.41) is 12.6. The van der Waals surface area contributed by atoms with Gasteiger partial charge in [0.05, 0.1) is 33.1 Å². The lowest BCUT2D eigenvalue weighted by Gasteiger charge is -2.11. The second-order valence-corrected chi connectivity index (χ2v) is 13.2. The molecule has 0 radical (unpaired) electrons. The van der Waals surface area contributed by atoms with Gasteiger partial charge in [0.2, 0.25) is 0 Å². The molecule has 0 spiro atoms. The summed E-state index contributed by atoms with van der Waals surface area (Å²) in [7, 11) is 0. The van der Waals surface area contributed by atoms with Crippen LogP contribution in [0.4, 0.5) is 0 Å². The molecule has 0 saturated heterocycles. The summed E-state index contributed by atoms with van der Waals surface area (Å²) in [4.78, 5) is 4.87. The van der Waals surface area contributed by atoms with Gasteiger partial charge in [-0.05, 0) is 77.5 Å². The predicted molar refractivity (Wildman–Crippen MR) is 205 cm³/mol. The molecule has 7 aromatic carbocycles. The molecule has 0 fully saturated rings. The van der Waals surface area contributed by atoms with Gasteiger partial charge in [-0.1, -0.05) is 84.9 Å². The maximum Gasteiger partial charge on any atom is 0.145 e. The lowest BCUT2D eigenvalue weighted by atomic mass is 10.0. The Bertz CT molecular complexity index is 3320. The summed E-state index contributed by atoms with van der Waals surface area (Å²) in [6.45, 7) is 0. The first-order chi connectivity index (χ1) is 24.3. The third-order valence-electron chi connectivity index (χ3n) is 10.8. The Balaban J connectivity index is 1.29. The van der Waals surface area contributed by atoms with Crippen molar-refractivity contribution >= 4 is 92.6 Å². The highest BCUT2D eigenvalue weighted by Gasteiger charge is 2.25. The zero-order chi connectivity index (χ0) is 31.8. The minimum atomic E-state index is 0.967. The fraction of sp³-hybridized carbons (Fsp3) is 0. The standard InChI is InChI=1S/C45H26N4/c1-2-13-29(14-3-1)48-40-25-30(20-21-32(40)33-17-10-22-46-45(33)48)47-38-19-9-7-16-34(38)42-41(47)26-35-31-15-6-8-18-37(31)49-39-24-28-12-5-4-11-27(28)23-36(39)43(42)44(35)49/h1-26H. The van der Waals surface area contributed by atoms with Crippen molar-refractivity contribution in [1.82, 2.24) is 18.5 Å². The summed E-state index contributed by atoms with van der Waals surface area (Å²) in [6, 6.07) is 55.5. The van der Waals surface area contributed by atoms with Crippen molar-refractivity contribution in [3.63, 3.8) is 0 Å². The van der Waals surface area contributed by atoms with E-state index in [0.717, 1.165) is 27.9 Å². The largest absolute Gasteiger partial charge is 0.309 e. The molecule has 0 amide bonds. The maximum absolute atomic E-state index is 4.87. The predicted octanol–water partition coefficient (Wildman–Crippen LogP) is 11.6.